The Morgan fingerprint density at radius 2 is 1.25 bits per heavy atom. The number of nitrogens with one attached hydrogen (secondary N) is 1. The number of hydrogen-bond donors (Lipinski definition) is 1. The Balaban J connectivity index is 0.951. The van der Waals surface area contributed by atoms with Crippen LogP contribution >= 0.6 is 0 Å². The van der Waals surface area contributed by atoms with Crippen molar-refractivity contribution in [2.24, 2.45) is 10.9 Å². The molecule has 1 aliphatic heterocycles. The summed E-state index contributed by atoms with van der Waals surface area (Å²) in [5.74, 6) is 0.794. The molecular weight excluding hydrogens is 739 g/mol. The van der Waals surface area contributed by atoms with Crippen molar-refractivity contribution < 1.29 is 0 Å². The Labute approximate surface area is 359 Å². The van der Waals surface area contributed by atoms with Crippen molar-refractivity contribution in [2.45, 2.75) is 49.7 Å². The first-order chi connectivity index (χ1) is 30.2. The third-order valence-electron chi connectivity index (χ3n) is 13.2. The third kappa shape index (κ3) is 7.19. The van der Waals surface area contributed by atoms with Gasteiger partial charge in [-0.05, 0) is 87.4 Å². The van der Waals surface area contributed by atoms with Crippen LogP contribution in [0.4, 0.5) is 0 Å². The van der Waals surface area contributed by atoms with Crippen LogP contribution in [0.3, 0.4) is 0 Å². The highest BCUT2D eigenvalue weighted by molar-refractivity contribution is 6.06. The van der Waals surface area contributed by atoms with Gasteiger partial charge in [-0.3, -0.25) is 10.3 Å². The van der Waals surface area contributed by atoms with Gasteiger partial charge in [-0.15, -0.1) is 0 Å². The van der Waals surface area contributed by atoms with Crippen molar-refractivity contribution in [3.8, 4) is 22.3 Å². The number of fused-ring (bicyclic) bond motifs is 3. The van der Waals surface area contributed by atoms with Crippen LogP contribution in [0.5, 0.6) is 0 Å². The van der Waals surface area contributed by atoms with Gasteiger partial charge in [0.15, 0.2) is 0 Å². The minimum Gasteiger partial charge on any atom is -0.319 e. The van der Waals surface area contributed by atoms with E-state index >= 15 is 0 Å². The van der Waals surface area contributed by atoms with Crippen LogP contribution in [0.2, 0.25) is 0 Å². The van der Waals surface area contributed by atoms with Gasteiger partial charge in [-0.25, -0.2) is 0 Å². The van der Waals surface area contributed by atoms with Gasteiger partial charge in [0.25, 0.3) is 0 Å². The van der Waals surface area contributed by atoms with Gasteiger partial charge in [-0.1, -0.05) is 188 Å². The van der Waals surface area contributed by atoms with Crippen LogP contribution in [-0.4, -0.2) is 16.3 Å². The molecule has 0 amide bonds. The van der Waals surface area contributed by atoms with Crippen LogP contribution in [0.1, 0.15) is 71.5 Å². The summed E-state index contributed by atoms with van der Waals surface area (Å²) in [6, 6.07) is 51.4. The van der Waals surface area contributed by atoms with Crippen LogP contribution in [0, 0.1) is 5.92 Å². The van der Waals surface area contributed by atoms with Gasteiger partial charge in [-0.2, -0.15) is 0 Å². The lowest BCUT2D eigenvalue weighted by molar-refractivity contribution is 0.359. The first-order valence-corrected chi connectivity index (χ1v) is 22.0. The first-order valence-electron chi connectivity index (χ1n) is 22.0. The van der Waals surface area contributed by atoms with E-state index in [1.54, 1.807) is 0 Å². The second-order valence-corrected chi connectivity index (χ2v) is 16.9. The molecule has 0 saturated heterocycles. The average molecular weight is 788 g/mol. The Bertz CT molecular complexity index is 2970. The number of nitrogens with zero attached hydrogens (tertiary/aromatic N) is 2. The molecule has 0 fully saturated rings. The molecule has 3 aliphatic carbocycles. The Morgan fingerprint density at radius 3 is 2.05 bits per heavy atom. The summed E-state index contributed by atoms with van der Waals surface area (Å²) < 4.78 is 2.53. The lowest BCUT2D eigenvalue weighted by atomic mass is 9.79. The predicted octanol–water partition coefficient (Wildman–Crippen LogP) is 14.1. The van der Waals surface area contributed by atoms with Crippen molar-refractivity contribution in [3.05, 3.63) is 241 Å². The number of aliphatic imine (C=N–C) groups is 1. The van der Waals surface area contributed by atoms with E-state index in [0.29, 0.717) is 5.92 Å². The summed E-state index contributed by atoms with van der Waals surface area (Å²) in [5, 5.41) is 6.68. The minimum absolute atomic E-state index is 0.0124. The Hall–Kier alpha value is -6.81. The van der Waals surface area contributed by atoms with E-state index in [-0.39, 0.29) is 24.0 Å². The molecule has 61 heavy (non-hydrogen) atoms. The second kappa shape index (κ2) is 16.3. The standard InChI is InChI=1S/C58H49N3/c1-5-18-40(19-6-1)44-26-15-29-47(36-44)53-39-54(60-58(59-53)43-24-11-4-12-25-43)48-30-16-27-45(37-48)46-28-17-31-49(38-46)55-51-32-13-14-33-52(51)57-50(41-20-7-2-8-21-41)34-35-61(57)56(55)42-22-9-3-10-23-42/h1-22,24,26-37,42-43,49,54,58,60H,23,25,38-39H2. The summed E-state index contributed by atoms with van der Waals surface area (Å²) in [7, 11) is 0. The third-order valence-corrected chi connectivity index (χ3v) is 13.2. The number of benzene rings is 5. The molecule has 0 bridgehead atoms. The second-order valence-electron chi connectivity index (χ2n) is 16.9. The van der Waals surface area contributed by atoms with Crippen LogP contribution < -0.4 is 5.32 Å². The number of rotatable bonds is 8. The molecule has 3 heteroatoms. The van der Waals surface area contributed by atoms with Gasteiger partial charge in [0.2, 0.25) is 0 Å². The van der Waals surface area contributed by atoms with Gasteiger partial charge in [0, 0.05) is 58.8 Å². The molecule has 5 unspecified atom stereocenters. The normalized spacial score (nSPS) is 22.1. The first kappa shape index (κ1) is 37.2. The maximum Gasteiger partial charge on any atom is 0.107 e. The monoisotopic (exact) mass is 787 g/mol. The highest BCUT2D eigenvalue weighted by atomic mass is 15.1. The molecule has 1 N–H and O–H groups in total. The summed E-state index contributed by atoms with van der Waals surface area (Å²) in [5.41, 5.74) is 15.5. The summed E-state index contributed by atoms with van der Waals surface area (Å²) in [4.78, 5) is 5.44. The maximum absolute atomic E-state index is 5.44. The van der Waals surface area contributed by atoms with Gasteiger partial charge < -0.3 is 4.40 Å². The predicted molar refractivity (Wildman–Crippen MR) is 256 cm³/mol. The molecule has 5 aromatic carbocycles. The fraction of sp³-hybridized carbons (Fsp3) is 0.155. The SMILES string of the molecule is C1=CCC(c2c(C3C=CC=C(c4cccc(C5CC(c6cccc(-c7ccccc7)c6)=NC(C6C=CC=CC6)N5)c4)C3)c3ccccc3c3c(-c4ccccc4)ccn23)C=C1. The van der Waals surface area contributed by atoms with Crippen LogP contribution in [0.25, 0.3) is 44.1 Å². The van der Waals surface area contributed by atoms with Gasteiger partial charge in [0.1, 0.15) is 6.17 Å². The molecule has 3 heterocycles. The van der Waals surface area contributed by atoms with Crippen molar-refractivity contribution in [2.75, 3.05) is 0 Å². The van der Waals surface area contributed by atoms with E-state index in [1.165, 1.54) is 77.8 Å². The molecule has 0 spiro atoms. The molecule has 0 saturated carbocycles. The summed E-state index contributed by atoms with van der Waals surface area (Å²) in [6.45, 7) is 0. The Kier molecular flexibility index (Phi) is 9.96. The van der Waals surface area contributed by atoms with E-state index in [4.69, 9.17) is 4.99 Å². The van der Waals surface area contributed by atoms with Gasteiger partial charge in [0.05, 0.1) is 5.52 Å². The summed E-state index contributed by atoms with van der Waals surface area (Å²) >= 11 is 0. The van der Waals surface area contributed by atoms with Gasteiger partial charge >= 0.3 is 0 Å². The molecule has 2 aromatic heterocycles. The van der Waals surface area contributed by atoms with Crippen molar-refractivity contribution in [1.82, 2.24) is 9.72 Å². The molecule has 5 atom stereocenters. The van der Waals surface area contributed by atoms with Crippen molar-refractivity contribution in [3.63, 3.8) is 0 Å². The van der Waals surface area contributed by atoms with E-state index < -0.39 is 0 Å². The highest BCUT2D eigenvalue weighted by Gasteiger charge is 2.31. The fourth-order valence-electron chi connectivity index (χ4n) is 10.2. The lowest BCUT2D eigenvalue weighted by Gasteiger charge is -2.34. The van der Waals surface area contributed by atoms with Crippen LogP contribution in [0.15, 0.2) is 218 Å². The quantitative estimate of drug-likeness (QED) is 0.163. The smallest absolute Gasteiger partial charge is 0.107 e. The van der Waals surface area contributed by atoms with E-state index in [9.17, 15) is 0 Å². The zero-order valence-electron chi connectivity index (χ0n) is 34.3. The van der Waals surface area contributed by atoms with Crippen molar-refractivity contribution >= 4 is 27.6 Å². The van der Waals surface area contributed by atoms with Crippen LogP contribution in [-0.2, 0) is 0 Å². The minimum atomic E-state index is -0.0124. The van der Waals surface area contributed by atoms with E-state index in [2.05, 4.69) is 222 Å². The maximum atomic E-state index is 5.44. The fourth-order valence-corrected chi connectivity index (χ4v) is 10.2. The Morgan fingerprint density at radius 1 is 0.541 bits per heavy atom. The molecule has 11 rings (SSSR count). The number of allylic oxidation sites excluding steroid dienone is 11. The molecule has 296 valence electrons. The number of aromatic nitrogens is 1. The largest absolute Gasteiger partial charge is 0.319 e. The molecule has 0 radical (unpaired) electrons. The number of pyridine rings is 1. The van der Waals surface area contributed by atoms with E-state index in [0.717, 1.165) is 25.7 Å². The van der Waals surface area contributed by atoms with Crippen molar-refractivity contribution in [1.29, 1.82) is 0 Å². The zero-order valence-corrected chi connectivity index (χ0v) is 34.3. The average Bonchev–Trinajstić information content (AvgIpc) is 3.80. The zero-order chi connectivity index (χ0) is 40.5. The lowest BCUT2D eigenvalue weighted by Crippen LogP contribution is -2.42. The molecule has 4 aliphatic rings. The molecule has 7 aromatic rings. The molecule has 3 nitrogen and oxygen atoms in total. The highest BCUT2D eigenvalue weighted by Crippen LogP contribution is 2.46. The molecular formula is C58H49N3. The summed E-state index contributed by atoms with van der Waals surface area (Å²) in [6.07, 6.45) is 31.2. The number of hydrogen-bond acceptors (Lipinski definition) is 2. The van der Waals surface area contributed by atoms with E-state index in [1.807, 2.05) is 0 Å². The topological polar surface area (TPSA) is 28.8 Å².